The Kier molecular flexibility index (Phi) is 2970. The van der Waals surface area contributed by atoms with Gasteiger partial charge in [-0.25, -0.2) is 0 Å². The summed E-state index contributed by atoms with van der Waals surface area (Å²) in [5.41, 5.74) is 0. The van der Waals surface area contributed by atoms with Crippen LogP contribution in [0.15, 0.2) is 0 Å². The van der Waals surface area contributed by atoms with E-state index in [1.165, 1.54) is 0 Å². The van der Waals surface area contributed by atoms with Gasteiger partial charge in [-0.2, -0.15) is 0 Å². The van der Waals surface area contributed by atoms with Gasteiger partial charge in [-0.15, -0.1) is 0 Å². The smallest absolute Gasteiger partial charge is 2.00 e. The molecule has 0 amide bonds. The van der Waals surface area contributed by atoms with E-state index in [-0.39, 0.29) is 159 Å². The first-order valence-electron chi connectivity index (χ1n) is 0. The van der Waals surface area contributed by atoms with Crippen molar-refractivity contribution in [1.29, 1.82) is 0 Å². The van der Waals surface area contributed by atoms with Gasteiger partial charge in [-0.3, -0.25) is 0 Å². The van der Waals surface area contributed by atoms with Crippen molar-refractivity contribution in [3.8, 4) is 0 Å². The fraction of sp³-hybridized carbons (Fsp3) is 0. The average molecular weight is 786 g/mol. The van der Waals surface area contributed by atoms with Crippen molar-refractivity contribution in [3.05, 3.63) is 0 Å². The van der Waals surface area contributed by atoms with Crippen LogP contribution in [0.1, 0.15) is 0 Å². The molecule has 0 rings (SSSR count). The molecule has 0 atom stereocenters. The van der Waals surface area contributed by atoms with Crippen LogP contribution in [-0.4, -0.2) is 0 Å². The summed E-state index contributed by atoms with van der Waals surface area (Å²) in [5, 5.41) is 0. The minimum absolute atomic E-state index is 0. The Balaban J connectivity index is 0. The predicted octanol–water partition coefficient (Wildman–Crippen LogP) is -0.837. The van der Waals surface area contributed by atoms with Gasteiger partial charge in [0.05, 0.1) is 0 Å². The average Bonchev–Trinajstić information content (AvgIpc) is 0. The van der Waals surface area contributed by atoms with Gasteiger partial charge in [0.2, 0.25) is 0 Å². The zero-order valence-electron chi connectivity index (χ0n) is 4.42. The molecule has 0 aromatic carbocycles. The van der Waals surface area contributed by atoms with Crippen LogP contribution in [0, 0.1) is 80.8 Å². The van der Waals surface area contributed by atoms with Crippen LogP contribution in [0.2, 0.25) is 0 Å². The summed E-state index contributed by atoms with van der Waals surface area (Å²) in [7, 11) is 0. The molecule has 0 aromatic rings. The van der Waals surface area contributed by atoms with Gasteiger partial charge in [-0.1, -0.05) is 0 Å². The Morgan fingerprint density at radius 1 is 0.273 bits per heavy atom. The molecule has 0 fully saturated rings. The summed E-state index contributed by atoms with van der Waals surface area (Å²) < 4.78 is 0. The van der Waals surface area contributed by atoms with Crippen LogP contribution in [0.3, 0.4) is 0 Å². The van der Waals surface area contributed by atoms with E-state index >= 15 is 0 Å². The van der Waals surface area contributed by atoms with E-state index in [1.807, 2.05) is 0 Å². The van der Waals surface area contributed by atoms with Crippen LogP contribution in [0.5, 0.6) is 0 Å². The fourth-order valence-electron chi connectivity index (χ4n) is 0. The fourth-order valence-corrected chi connectivity index (χ4v) is 0. The first-order chi connectivity index (χ1) is 0. The summed E-state index contributed by atoms with van der Waals surface area (Å²) in [5.74, 6) is 0. The normalized spacial score (nSPS) is 0. The van der Waals surface area contributed by atoms with Crippen molar-refractivity contribution in [3.63, 3.8) is 0 Å². The van der Waals surface area contributed by atoms with E-state index in [0.717, 1.165) is 0 Å². The Bertz CT molecular complexity index is 14.4. The van der Waals surface area contributed by atoms with Gasteiger partial charge in [-0.05, 0) is 0 Å². The first kappa shape index (κ1) is 202. The van der Waals surface area contributed by atoms with Gasteiger partial charge in [0.25, 0.3) is 0 Å². The molecule has 0 bridgehead atoms. The van der Waals surface area contributed by atoms with Crippen LogP contribution < -0.4 is 0 Å². The maximum Gasteiger partial charge on any atom is 4.00 e. The van der Waals surface area contributed by atoms with E-state index in [1.54, 1.807) is 0 Å². The maximum absolute atomic E-state index is 0. The second-order valence-electron chi connectivity index (χ2n) is 0. The molecule has 70 valence electrons. The molecule has 7 nitrogen and oxygen atoms in total. The predicted molar refractivity (Wildman–Crippen MR) is 4.81 cm³/mol. The topological polar surface area (TPSA) is 200 Å². The maximum atomic E-state index is 0. The summed E-state index contributed by atoms with van der Waals surface area (Å²) in [6, 6.07) is 0. The Morgan fingerprint density at radius 2 is 0.273 bits per heavy atom. The molecule has 0 unspecified atom stereocenters. The van der Waals surface area contributed by atoms with Crippen molar-refractivity contribution in [2.45, 2.75) is 0 Å². The van der Waals surface area contributed by atoms with Crippen molar-refractivity contribution in [2.75, 3.05) is 0 Å². The number of rotatable bonds is 0. The molecule has 0 aliphatic heterocycles. The molecule has 0 heterocycles. The molecule has 0 aliphatic rings. The number of hydrogen-bond donors (Lipinski definition) is 0. The molecule has 11 heavy (non-hydrogen) atoms. The molecule has 0 saturated carbocycles. The summed E-state index contributed by atoms with van der Waals surface area (Å²) >= 11 is 0. The third-order valence-electron chi connectivity index (χ3n) is 0. The molecule has 11 heteroatoms. The van der Waals surface area contributed by atoms with Crippen molar-refractivity contribution in [1.82, 2.24) is 0 Å². The quantitative estimate of drug-likeness (QED) is 0.296. The summed E-state index contributed by atoms with van der Waals surface area (Å²) in [6.45, 7) is 0. The van der Waals surface area contributed by atoms with Crippen LogP contribution in [0.4, 0.5) is 0 Å². The summed E-state index contributed by atoms with van der Waals surface area (Å²) in [6.07, 6.45) is 0. The Labute approximate surface area is 156 Å². The molecule has 0 aliphatic carbocycles. The second-order valence-corrected chi connectivity index (χ2v) is 0. The van der Waals surface area contributed by atoms with Crippen LogP contribution >= 0.6 is 0 Å². The van der Waals surface area contributed by atoms with Crippen molar-refractivity contribution >= 4 is 0 Å². The van der Waals surface area contributed by atoms with Gasteiger partial charge in [0, 0.05) is 0 Å². The van der Waals surface area contributed by atoms with Crippen LogP contribution in [0.25, 0.3) is 0 Å². The first-order valence-corrected chi connectivity index (χ1v) is 0. The minimum Gasteiger partial charge on any atom is -2.00 e. The molecule has 0 N–H and O–H groups in total. The van der Waals surface area contributed by atoms with Gasteiger partial charge in [0.15, 0.2) is 0 Å². The van der Waals surface area contributed by atoms with Crippen molar-refractivity contribution < 1.29 is 159 Å². The molecular formula is Ir2O7Pm2. The molecule has 0 spiro atoms. The summed E-state index contributed by atoms with van der Waals surface area (Å²) in [4.78, 5) is 0. The Morgan fingerprint density at radius 3 is 0.273 bits per heavy atom. The molecular weight excluding hydrogens is 786 g/mol. The minimum atomic E-state index is 0. The van der Waals surface area contributed by atoms with E-state index in [2.05, 4.69) is 0 Å². The molecule has 0 saturated heterocycles. The zero-order chi connectivity index (χ0) is 0. The van der Waals surface area contributed by atoms with Gasteiger partial charge < -0.3 is 38.3 Å². The zero-order valence-corrected chi connectivity index (χ0v) is 14.9. The number of hydrogen-bond acceptors (Lipinski definition) is 0. The SMILES string of the molecule is [Ir+4].[Ir+4].[O-2].[O-2].[O-2].[O-2].[O-2].[O-2].[O-2].[Pm+3].[Pm+3]. The molecule has 2 radical (unpaired) electrons. The van der Waals surface area contributed by atoms with Crippen LogP contribution in [-0.2, 0) is 78.5 Å². The van der Waals surface area contributed by atoms with Crippen molar-refractivity contribution in [2.24, 2.45) is 0 Å². The monoisotopic (exact) mass is 788 g/mol. The third-order valence-corrected chi connectivity index (χ3v) is 0. The molecule has 0 aromatic heterocycles. The van der Waals surface area contributed by atoms with Gasteiger partial charge in [0.1, 0.15) is 0 Å². The standard InChI is InChI=1S/2Ir.7O.2Pm/q2*+4;7*-2;2*+3. The Hall–Kier alpha value is 3.69. The largest absolute Gasteiger partial charge is 4.00 e. The van der Waals surface area contributed by atoms with E-state index in [0.29, 0.717) is 0 Å². The van der Waals surface area contributed by atoms with E-state index < -0.39 is 0 Å². The second kappa shape index (κ2) is 162. The van der Waals surface area contributed by atoms with E-state index in [4.69, 9.17) is 0 Å². The van der Waals surface area contributed by atoms with Gasteiger partial charge >= 0.3 is 121 Å². The third kappa shape index (κ3) is 137. The van der Waals surface area contributed by atoms with E-state index in [9.17, 15) is 0 Å².